The Morgan fingerprint density at radius 3 is 2.43 bits per heavy atom. The van der Waals surface area contributed by atoms with Crippen molar-refractivity contribution in [2.45, 2.75) is 24.3 Å². The molecular weight excluding hydrogens is 204 g/mol. The third-order valence-corrected chi connectivity index (χ3v) is 2.76. The first-order valence-electron chi connectivity index (χ1n) is 4.30. The van der Waals surface area contributed by atoms with Gasteiger partial charge in [0.1, 0.15) is 0 Å². The SMILES string of the molecule is CNC(=O)NC(=O)C(C)SC(C)CO. The van der Waals surface area contributed by atoms with E-state index < -0.39 is 6.03 Å². The van der Waals surface area contributed by atoms with Crippen LogP contribution in [0.15, 0.2) is 0 Å². The summed E-state index contributed by atoms with van der Waals surface area (Å²) in [6, 6.07) is -0.515. The molecule has 0 saturated heterocycles. The third kappa shape index (κ3) is 5.08. The number of aliphatic hydroxyl groups is 1. The lowest BCUT2D eigenvalue weighted by atomic mass is 10.4. The van der Waals surface area contributed by atoms with E-state index in [0.717, 1.165) is 0 Å². The maximum absolute atomic E-state index is 11.3. The zero-order valence-corrected chi connectivity index (χ0v) is 9.35. The lowest BCUT2D eigenvalue weighted by molar-refractivity contribution is -0.119. The summed E-state index contributed by atoms with van der Waals surface area (Å²) in [6.45, 7) is 3.52. The number of imide groups is 1. The second kappa shape index (κ2) is 6.67. The molecule has 0 spiro atoms. The number of rotatable bonds is 4. The maximum Gasteiger partial charge on any atom is 0.321 e. The van der Waals surface area contributed by atoms with E-state index in [1.807, 2.05) is 6.92 Å². The number of urea groups is 1. The first-order valence-corrected chi connectivity index (χ1v) is 5.24. The lowest BCUT2D eigenvalue weighted by Gasteiger charge is -2.14. The van der Waals surface area contributed by atoms with E-state index in [2.05, 4.69) is 10.6 Å². The molecule has 0 heterocycles. The molecule has 2 unspecified atom stereocenters. The molecule has 3 amide bonds. The molecule has 0 radical (unpaired) electrons. The predicted octanol–water partition coefficient (Wildman–Crippen LogP) is -0.0555. The van der Waals surface area contributed by atoms with Crippen LogP contribution in [0.2, 0.25) is 0 Å². The first kappa shape index (κ1) is 13.2. The quantitative estimate of drug-likeness (QED) is 0.620. The van der Waals surface area contributed by atoms with Crippen LogP contribution in [0.3, 0.4) is 0 Å². The average molecular weight is 220 g/mol. The molecule has 0 aliphatic carbocycles. The number of amides is 3. The second-order valence-electron chi connectivity index (χ2n) is 2.84. The van der Waals surface area contributed by atoms with E-state index in [1.54, 1.807) is 6.92 Å². The minimum Gasteiger partial charge on any atom is -0.395 e. The Hall–Kier alpha value is -0.750. The molecule has 2 atom stereocenters. The summed E-state index contributed by atoms with van der Waals surface area (Å²) in [6.07, 6.45) is 0. The average Bonchev–Trinajstić information content (AvgIpc) is 2.17. The van der Waals surface area contributed by atoms with Crippen LogP contribution in [0.4, 0.5) is 4.79 Å². The molecule has 0 aromatic heterocycles. The zero-order valence-electron chi connectivity index (χ0n) is 8.53. The lowest BCUT2D eigenvalue weighted by Crippen LogP contribution is -2.41. The topological polar surface area (TPSA) is 78.4 Å². The van der Waals surface area contributed by atoms with Crippen LogP contribution in [0, 0.1) is 0 Å². The van der Waals surface area contributed by atoms with Gasteiger partial charge in [-0.15, -0.1) is 11.8 Å². The Morgan fingerprint density at radius 2 is 2.00 bits per heavy atom. The van der Waals surface area contributed by atoms with Crippen molar-refractivity contribution in [2.24, 2.45) is 0 Å². The molecule has 0 fully saturated rings. The first-order chi connectivity index (χ1) is 6.51. The van der Waals surface area contributed by atoms with Crippen molar-refractivity contribution in [3.63, 3.8) is 0 Å². The number of hydrogen-bond donors (Lipinski definition) is 3. The third-order valence-electron chi connectivity index (χ3n) is 1.53. The summed E-state index contributed by atoms with van der Waals surface area (Å²) < 4.78 is 0. The van der Waals surface area contributed by atoms with Crippen molar-refractivity contribution < 1.29 is 14.7 Å². The highest BCUT2D eigenvalue weighted by molar-refractivity contribution is 8.01. The largest absolute Gasteiger partial charge is 0.395 e. The van der Waals surface area contributed by atoms with E-state index in [4.69, 9.17) is 5.11 Å². The number of carbonyl (C=O) groups is 2. The summed E-state index contributed by atoms with van der Waals surface area (Å²) in [5.41, 5.74) is 0. The highest BCUT2D eigenvalue weighted by Gasteiger charge is 2.17. The van der Waals surface area contributed by atoms with Gasteiger partial charge in [-0.25, -0.2) is 4.79 Å². The molecule has 82 valence electrons. The Bertz CT molecular complexity index is 211. The summed E-state index contributed by atoms with van der Waals surface area (Å²) in [5, 5.41) is 12.9. The van der Waals surface area contributed by atoms with Crippen molar-refractivity contribution in [3.8, 4) is 0 Å². The van der Waals surface area contributed by atoms with Crippen LogP contribution in [0.1, 0.15) is 13.8 Å². The normalized spacial score (nSPS) is 14.3. The van der Waals surface area contributed by atoms with Crippen molar-refractivity contribution >= 4 is 23.7 Å². The molecule has 0 rings (SSSR count). The van der Waals surface area contributed by atoms with Gasteiger partial charge in [-0.3, -0.25) is 10.1 Å². The highest BCUT2D eigenvalue weighted by atomic mass is 32.2. The highest BCUT2D eigenvalue weighted by Crippen LogP contribution is 2.16. The van der Waals surface area contributed by atoms with Crippen LogP contribution in [-0.2, 0) is 4.79 Å². The van der Waals surface area contributed by atoms with Crippen LogP contribution >= 0.6 is 11.8 Å². The number of thioether (sulfide) groups is 1. The second-order valence-corrected chi connectivity index (χ2v) is 4.62. The molecule has 0 bridgehead atoms. The van der Waals surface area contributed by atoms with Crippen LogP contribution in [0.5, 0.6) is 0 Å². The molecule has 0 aliphatic heterocycles. The zero-order chi connectivity index (χ0) is 11.1. The fraction of sp³-hybridized carbons (Fsp3) is 0.750. The van der Waals surface area contributed by atoms with Gasteiger partial charge in [-0.1, -0.05) is 6.92 Å². The minimum atomic E-state index is -0.515. The van der Waals surface area contributed by atoms with Gasteiger partial charge in [-0.05, 0) is 6.92 Å². The molecule has 0 aliphatic rings. The van der Waals surface area contributed by atoms with Crippen LogP contribution < -0.4 is 10.6 Å². The summed E-state index contributed by atoms with van der Waals surface area (Å²) in [7, 11) is 1.44. The Labute approximate surface area is 87.6 Å². The van der Waals surface area contributed by atoms with Crippen molar-refractivity contribution in [2.75, 3.05) is 13.7 Å². The fourth-order valence-electron chi connectivity index (χ4n) is 0.729. The standard InChI is InChI=1S/C8H16N2O3S/c1-5(4-11)14-6(2)7(12)10-8(13)9-3/h5-6,11H,4H2,1-3H3,(H2,9,10,12,13). The number of hydrogen-bond acceptors (Lipinski definition) is 4. The summed E-state index contributed by atoms with van der Waals surface area (Å²) in [5.74, 6) is -0.352. The Balaban J connectivity index is 3.93. The van der Waals surface area contributed by atoms with E-state index in [0.29, 0.717) is 0 Å². The van der Waals surface area contributed by atoms with Crippen molar-refractivity contribution in [1.29, 1.82) is 0 Å². The fourth-order valence-corrected chi connectivity index (χ4v) is 1.69. The van der Waals surface area contributed by atoms with Gasteiger partial charge in [0.25, 0.3) is 0 Å². The number of aliphatic hydroxyl groups excluding tert-OH is 1. The van der Waals surface area contributed by atoms with Crippen LogP contribution in [-0.4, -0.2) is 41.2 Å². The Kier molecular flexibility index (Phi) is 6.31. The molecule has 5 nitrogen and oxygen atoms in total. The van der Waals surface area contributed by atoms with Crippen molar-refractivity contribution in [1.82, 2.24) is 10.6 Å². The monoisotopic (exact) mass is 220 g/mol. The van der Waals surface area contributed by atoms with E-state index in [1.165, 1.54) is 18.8 Å². The predicted molar refractivity (Wildman–Crippen MR) is 56.2 cm³/mol. The summed E-state index contributed by atoms with van der Waals surface area (Å²) in [4.78, 5) is 22.1. The molecule has 6 heteroatoms. The van der Waals surface area contributed by atoms with Gasteiger partial charge >= 0.3 is 6.03 Å². The Morgan fingerprint density at radius 1 is 1.43 bits per heavy atom. The van der Waals surface area contributed by atoms with E-state index in [-0.39, 0.29) is 23.0 Å². The molecule has 14 heavy (non-hydrogen) atoms. The van der Waals surface area contributed by atoms with Gasteiger partial charge in [0, 0.05) is 12.3 Å². The number of nitrogens with one attached hydrogen (secondary N) is 2. The summed E-state index contributed by atoms with van der Waals surface area (Å²) >= 11 is 1.32. The van der Waals surface area contributed by atoms with Gasteiger partial charge in [0.2, 0.25) is 5.91 Å². The van der Waals surface area contributed by atoms with Crippen LogP contribution in [0.25, 0.3) is 0 Å². The number of carbonyl (C=O) groups excluding carboxylic acids is 2. The molecule has 0 saturated carbocycles. The minimum absolute atomic E-state index is 0.0135. The van der Waals surface area contributed by atoms with Gasteiger partial charge < -0.3 is 10.4 Å². The molecule has 0 aromatic carbocycles. The molecule has 0 aromatic rings. The molecule has 3 N–H and O–H groups in total. The van der Waals surface area contributed by atoms with E-state index >= 15 is 0 Å². The smallest absolute Gasteiger partial charge is 0.321 e. The van der Waals surface area contributed by atoms with Gasteiger partial charge in [-0.2, -0.15) is 0 Å². The van der Waals surface area contributed by atoms with Gasteiger partial charge in [0.15, 0.2) is 0 Å². The van der Waals surface area contributed by atoms with E-state index in [9.17, 15) is 9.59 Å². The maximum atomic E-state index is 11.3. The van der Waals surface area contributed by atoms with Crippen molar-refractivity contribution in [3.05, 3.63) is 0 Å². The van der Waals surface area contributed by atoms with Gasteiger partial charge in [0.05, 0.1) is 11.9 Å². The molecular formula is C8H16N2O3S.